The Kier molecular flexibility index (Phi) is 6.65. The van der Waals surface area contributed by atoms with Gasteiger partial charge >= 0.3 is 0 Å². The maximum atomic E-state index is 14.5. The lowest BCUT2D eigenvalue weighted by Gasteiger charge is -2.24. The van der Waals surface area contributed by atoms with Gasteiger partial charge in [-0.3, -0.25) is 4.40 Å². The number of nitrogen functional groups attached to an aromatic ring is 1. The molecule has 0 spiro atoms. The second kappa shape index (κ2) is 10.0. The number of methoxy groups -OCH3 is 1. The number of anilines is 1. The summed E-state index contributed by atoms with van der Waals surface area (Å²) in [6.45, 7) is 2.39. The van der Waals surface area contributed by atoms with Crippen molar-refractivity contribution in [3.63, 3.8) is 0 Å². The van der Waals surface area contributed by atoms with E-state index in [4.69, 9.17) is 24.9 Å². The highest BCUT2D eigenvalue weighted by Crippen LogP contribution is 2.39. The van der Waals surface area contributed by atoms with Gasteiger partial charge in [-0.15, -0.1) is 0 Å². The van der Waals surface area contributed by atoms with Gasteiger partial charge in [0.15, 0.2) is 11.5 Å². The molecule has 0 bridgehead atoms. The zero-order valence-corrected chi connectivity index (χ0v) is 20.3. The minimum absolute atomic E-state index is 0.0751. The van der Waals surface area contributed by atoms with Crippen molar-refractivity contribution in [2.45, 2.75) is 44.6 Å². The fourth-order valence-corrected chi connectivity index (χ4v) is 4.73. The summed E-state index contributed by atoms with van der Waals surface area (Å²) in [6, 6.07) is 12.0. The second-order valence-electron chi connectivity index (χ2n) is 8.82. The number of nitrogens with zero attached hydrogens (tertiary/aromatic N) is 3. The molecule has 2 aromatic carbocycles. The highest BCUT2D eigenvalue weighted by molar-refractivity contribution is 5.86. The Balaban J connectivity index is 1.54. The van der Waals surface area contributed by atoms with Crippen LogP contribution in [-0.4, -0.2) is 39.3 Å². The number of halogens is 1. The molecule has 1 aliphatic rings. The third-order valence-electron chi connectivity index (χ3n) is 6.54. The zero-order valence-electron chi connectivity index (χ0n) is 20.3. The Morgan fingerprint density at radius 2 is 1.81 bits per heavy atom. The molecule has 188 valence electrons. The molecule has 2 aromatic heterocycles. The molecule has 0 saturated heterocycles. The molecular weight excluding hydrogens is 463 g/mol. The van der Waals surface area contributed by atoms with Crippen molar-refractivity contribution < 1.29 is 23.7 Å². The van der Waals surface area contributed by atoms with Crippen molar-refractivity contribution in [3.05, 3.63) is 60.3 Å². The molecular formula is C27H29FN4O4. The van der Waals surface area contributed by atoms with E-state index in [0.717, 1.165) is 37.1 Å². The number of nitrogens with two attached hydrogens (primary N) is 1. The van der Waals surface area contributed by atoms with Crippen LogP contribution in [0.5, 0.6) is 23.1 Å². The third kappa shape index (κ3) is 4.42. The summed E-state index contributed by atoms with van der Waals surface area (Å²) >= 11 is 0. The van der Waals surface area contributed by atoms with Crippen LogP contribution < -0.4 is 19.9 Å². The van der Waals surface area contributed by atoms with E-state index in [-0.39, 0.29) is 23.5 Å². The Labute approximate surface area is 208 Å². The van der Waals surface area contributed by atoms with Crippen molar-refractivity contribution in [2.75, 3.05) is 19.5 Å². The van der Waals surface area contributed by atoms with Gasteiger partial charge in [0, 0.05) is 11.5 Å². The van der Waals surface area contributed by atoms with Crippen LogP contribution in [0.25, 0.3) is 16.8 Å². The maximum absolute atomic E-state index is 14.5. The van der Waals surface area contributed by atoms with Crippen LogP contribution in [0.3, 0.4) is 0 Å². The quantitative estimate of drug-likeness (QED) is 0.359. The lowest BCUT2D eigenvalue weighted by molar-refractivity contribution is 0.121. The maximum Gasteiger partial charge on any atom is 0.218 e. The summed E-state index contributed by atoms with van der Waals surface area (Å²) in [5, 5.41) is 10.0. The molecule has 5 rings (SSSR count). The standard InChI is InChI=1S/C27H29FN4O4/c1-3-35-22-15-30-26(29)25-24(31-27(32(22)25)17-7-11-18(33)12-8-17)16-9-13-19(14-10-16)36-21-6-4-5-20(34-2)23(21)28/h4-6,9-10,13-15,17-18,33H,3,7-8,11-12H2,1-2H3,(H2,29,30). The molecule has 1 saturated carbocycles. The normalized spacial score (nSPS) is 17.8. The molecule has 4 aromatic rings. The molecule has 8 nitrogen and oxygen atoms in total. The van der Waals surface area contributed by atoms with Crippen LogP contribution in [0.15, 0.2) is 48.7 Å². The van der Waals surface area contributed by atoms with E-state index in [1.807, 2.05) is 23.5 Å². The van der Waals surface area contributed by atoms with E-state index >= 15 is 0 Å². The summed E-state index contributed by atoms with van der Waals surface area (Å²) in [5.74, 6) is 2.04. The number of fused-ring (bicyclic) bond motifs is 1. The second-order valence-corrected chi connectivity index (χ2v) is 8.82. The summed E-state index contributed by atoms with van der Waals surface area (Å²) in [4.78, 5) is 9.38. The Bertz CT molecular complexity index is 1360. The van der Waals surface area contributed by atoms with Crippen LogP contribution in [0.2, 0.25) is 0 Å². The van der Waals surface area contributed by atoms with Gasteiger partial charge in [-0.2, -0.15) is 4.39 Å². The third-order valence-corrected chi connectivity index (χ3v) is 6.54. The molecule has 36 heavy (non-hydrogen) atoms. The SMILES string of the molecule is CCOc1cnc(N)c2c(-c3ccc(Oc4cccc(OC)c4F)cc3)nc(C3CCC(O)CC3)n12. The minimum atomic E-state index is -0.561. The lowest BCUT2D eigenvalue weighted by Crippen LogP contribution is -2.19. The van der Waals surface area contributed by atoms with E-state index in [1.165, 1.54) is 13.2 Å². The van der Waals surface area contributed by atoms with Crippen LogP contribution in [0.4, 0.5) is 10.2 Å². The number of aliphatic hydroxyl groups is 1. The molecule has 3 N–H and O–H groups in total. The van der Waals surface area contributed by atoms with E-state index < -0.39 is 5.82 Å². The lowest BCUT2D eigenvalue weighted by atomic mass is 9.87. The first-order valence-electron chi connectivity index (χ1n) is 12.1. The van der Waals surface area contributed by atoms with Crippen LogP contribution in [0, 0.1) is 5.82 Å². The largest absolute Gasteiger partial charge is 0.494 e. The number of imidazole rings is 1. The van der Waals surface area contributed by atoms with Gasteiger partial charge in [0.25, 0.3) is 0 Å². The van der Waals surface area contributed by atoms with E-state index in [1.54, 1.807) is 30.5 Å². The van der Waals surface area contributed by atoms with Gasteiger partial charge in [0.2, 0.25) is 11.7 Å². The number of aromatic nitrogens is 3. The number of rotatable bonds is 7. The summed E-state index contributed by atoms with van der Waals surface area (Å²) < 4.78 is 33.1. The van der Waals surface area contributed by atoms with E-state index in [9.17, 15) is 9.50 Å². The van der Waals surface area contributed by atoms with Crippen molar-refractivity contribution in [2.24, 2.45) is 0 Å². The van der Waals surface area contributed by atoms with Gasteiger partial charge in [-0.05, 0) is 69.0 Å². The Morgan fingerprint density at radius 3 is 2.50 bits per heavy atom. The van der Waals surface area contributed by atoms with Gasteiger partial charge < -0.3 is 25.1 Å². The van der Waals surface area contributed by atoms with E-state index in [2.05, 4.69) is 4.98 Å². The number of hydrogen-bond acceptors (Lipinski definition) is 7. The molecule has 1 aliphatic carbocycles. The first-order valence-corrected chi connectivity index (χ1v) is 12.1. The number of ether oxygens (including phenoxy) is 3. The summed E-state index contributed by atoms with van der Waals surface area (Å²) in [5.41, 5.74) is 8.53. The summed E-state index contributed by atoms with van der Waals surface area (Å²) in [7, 11) is 1.41. The van der Waals surface area contributed by atoms with Crippen LogP contribution >= 0.6 is 0 Å². The van der Waals surface area contributed by atoms with E-state index in [0.29, 0.717) is 35.3 Å². The monoisotopic (exact) mass is 492 g/mol. The van der Waals surface area contributed by atoms with Crippen molar-refractivity contribution in [1.82, 2.24) is 14.4 Å². The topological polar surface area (TPSA) is 104 Å². The molecule has 9 heteroatoms. The zero-order chi connectivity index (χ0) is 25.2. The number of benzene rings is 2. The number of aliphatic hydroxyl groups excluding tert-OH is 1. The average Bonchev–Trinajstić information content (AvgIpc) is 3.30. The fourth-order valence-electron chi connectivity index (χ4n) is 4.73. The van der Waals surface area contributed by atoms with Crippen LogP contribution in [-0.2, 0) is 0 Å². The van der Waals surface area contributed by atoms with Crippen molar-refractivity contribution in [1.29, 1.82) is 0 Å². The molecule has 0 amide bonds. The molecule has 0 aliphatic heterocycles. The highest BCUT2D eigenvalue weighted by atomic mass is 19.1. The molecule has 2 heterocycles. The smallest absolute Gasteiger partial charge is 0.218 e. The molecule has 0 unspecified atom stereocenters. The van der Waals surface area contributed by atoms with Crippen molar-refractivity contribution in [3.8, 4) is 34.4 Å². The predicted octanol–water partition coefficient (Wildman–Crippen LogP) is 5.34. The van der Waals surface area contributed by atoms with Crippen LogP contribution in [0.1, 0.15) is 44.3 Å². The Hall–Kier alpha value is -3.85. The molecule has 0 atom stereocenters. The average molecular weight is 493 g/mol. The molecule has 0 radical (unpaired) electrons. The van der Waals surface area contributed by atoms with Gasteiger partial charge in [0.05, 0.1) is 26.0 Å². The molecule has 1 fully saturated rings. The summed E-state index contributed by atoms with van der Waals surface area (Å²) in [6.07, 6.45) is 4.46. The highest BCUT2D eigenvalue weighted by Gasteiger charge is 2.28. The van der Waals surface area contributed by atoms with Crippen molar-refractivity contribution >= 4 is 11.3 Å². The Morgan fingerprint density at radius 1 is 1.08 bits per heavy atom. The first-order chi connectivity index (χ1) is 17.5. The fraction of sp³-hybridized carbons (Fsp3) is 0.333. The minimum Gasteiger partial charge on any atom is -0.494 e. The number of hydrogen-bond donors (Lipinski definition) is 2. The first kappa shape index (κ1) is 23.9. The predicted molar refractivity (Wildman–Crippen MR) is 134 cm³/mol. The van der Waals surface area contributed by atoms with Gasteiger partial charge in [0.1, 0.15) is 28.6 Å². The van der Waals surface area contributed by atoms with Gasteiger partial charge in [-0.25, -0.2) is 9.97 Å². The van der Waals surface area contributed by atoms with Gasteiger partial charge in [-0.1, -0.05) is 6.07 Å².